The van der Waals surface area contributed by atoms with Crippen LogP contribution in [0.15, 0.2) is 0 Å². The molecule has 1 unspecified atom stereocenters. The zero-order chi connectivity index (χ0) is 12.8. The van der Waals surface area contributed by atoms with Gasteiger partial charge < -0.3 is 14.4 Å². The largest absolute Gasteiger partial charge is 0.469 e. The highest BCUT2D eigenvalue weighted by Gasteiger charge is 2.26. The average Bonchev–Trinajstić information content (AvgIpc) is 2.28. The summed E-state index contributed by atoms with van der Waals surface area (Å²) < 4.78 is 10.0. The maximum atomic E-state index is 11.9. The highest BCUT2D eigenvalue weighted by Crippen LogP contribution is 2.12. The molecule has 1 fully saturated rings. The number of carbonyl (C=O) groups excluding carboxylic acids is 2. The first-order valence-electron chi connectivity index (χ1n) is 5.99. The molecule has 5 nitrogen and oxygen atoms in total. The summed E-state index contributed by atoms with van der Waals surface area (Å²) in [5.74, 6) is 0.190. The van der Waals surface area contributed by atoms with E-state index in [9.17, 15) is 9.59 Å². The predicted molar refractivity (Wildman–Crippen MR) is 62.4 cm³/mol. The number of amides is 1. The first-order chi connectivity index (χ1) is 8.02. The summed E-state index contributed by atoms with van der Waals surface area (Å²) in [6.45, 7) is 5.63. The van der Waals surface area contributed by atoms with Crippen molar-refractivity contribution in [3.05, 3.63) is 0 Å². The van der Waals surface area contributed by atoms with Gasteiger partial charge >= 0.3 is 5.97 Å². The van der Waals surface area contributed by atoms with Crippen molar-refractivity contribution in [2.24, 2.45) is 5.92 Å². The summed E-state index contributed by atoms with van der Waals surface area (Å²) in [7, 11) is 1.35. The van der Waals surface area contributed by atoms with Gasteiger partial charge in [-0.1, -0.05) is 13.8 Å². The minimum Gasteiger partial charge on any atom is -0.469 e. The number of morpholine rings is 1. The maximum absolute atomic E-state index is 11.9. The molecule has 1 heterocycles. The Hall–Kier alpha value is -1.10. The van der Waals surface area contributed by atoms with Gasteiger partial charge in [0.15, 0.2) is 0 Å². The van der Waals surface area contributed by atoms with Crippen molar-refractivity contribution in [1.82, 2.24) is 4.90 Å². The molecule has 1 aliphatic heterocycles. The maximum Gasteiger partial charge on any atom is 0.308 e. The fourth-order valence-corrected chi connectivity index (χ4v) is 1.82. The van der Waals surface area contributed by atoms with Crippen LogP contribution in [0.4, 0.5) is 0 Å². The monoisotopic (exact) mass is 243 g/mol. The van der Waals surface area contributed by atoms with Crippen LogP contribution in [0.5, 0.6) is 0 Å². The molecule has 0 saturated carbocycles. The van der Waals surface area contributed by atoms with Crippen molar-refractivity contribution in [1.29, 1.82) is 0 Å². The third-order valence-corrected chi connectivity index (χ3v) is 2.70. The van der Waals surface area contributed by atoms with Gasteiger partial charge in [-0.2, -0.15) is 0 Å². The molecular weight excluding hydrogens is 222 g/mol. The van der Waals surface area contributed by atoms with E-state index in [1.807, 2.05) is 13.8 Å². The molecule has 1 rings (SSSR count). The first-order valence-corrected chi connectivity index (χ1v) is 5.99. The lowest BCUT2D eigenvalue weighted by molar-refractivity contribution is -0.150. The van der Waals surface area contributed by atoms with E-state index in [0.717, 1.165) is 0 Å². The molecule has 0 N–H and O–H groups in total. The van der Waals surface area contributed by atoms with Crippen LogP contribution in [0.2, 0.25) is 0 Å². The molecular formula is C12H21NO4. The summed E-state index contributed by atoms with van der Waals surface area (Å²) in [5.41, 5.74) is 0. The van der Waals surface area contributed by atoms with Crippen LogP contribution < -0.4 is 0 Å². The van der Waals surface area contributed by atoms with E-state index in [1.54, 1.807) is 4.90 Å². The van der Waals surface area contributed by atoms with E-state index in [0.29, 0.717) is 32.0 Å². The zero-order valence-electron chi connectivity index (χ0n) is 10.8. The predicted octanol–water partition coefficient (Wildman–Crippen LogP) is 0.823. The molecule has 0 bridgehead atoms. The molecule has 0 aromatic rings. The van der Waals surface area contributed by atoms with Crippen molar-refractivity contribution < 1.29 is 19.1 Å². The lowest BCUT2D eigenvalue weighted by Crippen LogP contribution is -2.46. The Morgan fingerprint density at radius 3 is 2.76 bits per heavy atom. The third kappa shape index (κ3) is 4.73. The van der Waals surface area contributed by atoms with Gasteiger partial charge in [-0.25, -0.2) is 0 Å². The fourth-order valence-electron chi connectivity index (χ4n) is 1.82. The van der Waals surface area contributed by atoms with E-state index < -0.39 is 0 Å². The molecule has 0 aromatic carbocycles. The van der Waals surface area contributed by atoms with Crippen molar-refractivity contribution in [2.45, 2.75) is 32.8 Å². The lowest BCUT2D eigenvalue weighted by atomic mass is 10.1. The second kappa shape index (κ2) is 6.59. The molecule has 1 amide bonds. The number of methoxy groups -OCH3 is 1. The molecule has 5 heteroatoms. The van der Waals surface area contributed by atoms with Crippen molar-refractivity contribution >= 4 is 11.9 Å². The second-order valence-electron chi connectivity index (χ2n) is 4.71. The standard InChI is InChI=1S/C12H21NO4/c1-9(2)6-11(14)13-4-5-17-10(8-13)7-12(15)16-3/h9-10H,4-8H2,1-3H3. The molecule has 0 radical (unpaired) electrons. The van der Waals surface area contributed by atoms with Crippen molar-refractivity contribution in [2.75, 3.05) is 26.8 Å². The van der Waals surface area contributed by atoms with Gasteiger partial charge in [-0.3, -0.25) is 9.59 Å². The fraction of sp³-hybridized carbons (Fsp3) is 0.833. The number of nitrogens with zero attached hydrogens (tertiary/aromatic N) is 1. The normalized spacial score (nSPS) is 20.5. The van der Waals surface area contributed by atoms with Crippen LogP contribution in [0.25, 0.3) is 0 Å². The van der Waals surface area contributed by atoms with Gasteiger partial charge in [0, 0.05) is 19.5 Å². The van der Waals surface area contributed by atoms with E-state index in [4.69, 9.17) is 4.74 Å². The summed E-state index contributed by atoms with van der Waals surface area (Å²) in [6.07, 6.45) is 0.528. The Kier molecular flexibility index (Phi) is 5.41. The van der Waals surface area contributed by atoms with E-state index in [1.165, 1.54) is 7.11 Å². The molecule has 1 atom stereocenters. The number of hydrogen-bond acceptors (Lipinski definition) is 4. The number of rotatable bonds is 4. The SMILES string of the molecule is COC(=O)CC1CN(C(=O)CC(C)C)CCO1. The van der Waals surface area contributed by atoms with Crippen LogP contribution in [0.3, 0.4) is 0 Å². The molecule has 0 spiro atoms. The van der Waals surface area contributed by atoms with Crippen LogP contribution >= 0.6 is 0 Å². The highest BCUT2D eigenvalue weighted by atomic mass is 16.5. The summed E-state index contributed by atoms with van der Waals surface area (Å²) >= 11 is 0. The second-order valence-corrected chi connectivity index (χ2v) is 4.71. The lowest BCUT2D eigenvalue weighted by Gasteiger charge is -2.33. The van der Waals surface area contributed by atoms with Crippen molar-refractivity contribution in [3.63, 3.8) is 0 Å². The number of ether oxygens (including phenoxy) is 2. The summed E-state index contributed by atoms with van der Waals surface area (Å²) in [4.78, 5) is 24.8. The Labute approximate surface area is 102 Å². The zero-order valence-corrected chi connectivity index (χ0v) is 10.8. The number of esters is 1. The summed E-state index contributed by atoms with van der Waals surface area (Å²) in [5, 5.41) is 0. The van der Waals surface area contributed by atoms with Gasteiger partial charge in [0.25, 0.3) is 0 Å². The Morgan fingerprint density at radius 1 is 1.47 bits per heavy atom. The number of hydrogen-bond donors (Lipinski definition) is 0. The van der Waals surface area contributed by atoms with Gasteiger partial charge in [0.1, 0.15) is 0 Å². The van der Waals surface area contributed by atoms with Crippen LogP contribution in [-0.2, 0) is 19.1 Å². The number of carbonyl (C=O) groups is 2. The minimum atomic E-state index is -0.298. The summed E-state index contributed by atoms with van der Waals surface area (Å²) in [6, 6.07) is 0. The van der Waals surface area contributed by atoms with Gasteiger partial charge in [-0.15, -0.1) is 0 Å². The molecule has 0 aromatic heterocycles. The van der Waals surface area contributed by atoms with Gasteiger partial charge in [0.2, 0.25) is 5.91 Å². The molecule has 17 heavy (non-hydrogen) atoms. The van der Waals surface area contributed by atoms with E-state index in [-0.39, 0.29) is 24.4 Å². The van der Waals surface area contributed by atoms with E-state index in [2.05, 4.69) is 4.74 Å². The minimum absolute atomic E-state index is 0.137. The van der Waals surface area contributed by atoms with Crippen LogP contribution in [-0.4, -0.2) is 49.7 Å². The molecule has 1 aliphatic rings. The van der Waals surface area contributed by atoms with Gasteiger partial charge in [0.05, 0.1) is 26.2 Å². The topological polar surface area (TPSA) is 55.8 Å². The Balaban J connectivity index is 2.43. The molecule has 98 valence electrons. The third-order valence-electron chi connectivity index (χ3n) is 2.70. The van der Waals surface area contributed by atoms with Crippen molar-refractivity contribution in [3.8, 4) is 0 Å². The Bertz CT molecular complexity index is 278. The first kappa shape index (κ1) is 14.0. The average molecular weight is 243 g/mol. The smallest absolute Gasteiger partial charge is 0.308 e. The van der Waals surface area contributed by atoms with E-state index >= 15 is 0 Å². The molecule has 0 aliphatic carbocycles. The quantitative estimate of drug-likeness (QED) is 0.686. The van der Waals surface area contributed by atoms with Gasteiger partial charge in [-0.05, 0) is 5.92 Å². The molecule has 1 saturated heterocycles. The highest BCUT2D eigenvalue weighted by molar-refractivity contribution is 5.76. The van der Waals surface area contributed by atoms with Crippen LogP contribution in [0, 0.1) is 5.92 Å². The Morgan fingerprint density at radius 2 is 2.18 bits per heavy atom. The van der Waals surface area contributed by atoms with Crippen LogP contribution in [0.1, 0.15) is 26.7 Å².